The molecule has 3 N–H and O–H groups in total. The summed E-state index contributed by atoms with van der Waals surface area (Å²) in [4.78, 5) is 33.0. The SMILES string of the molecule is [B]c1cccc(C(=O)Nc2ccc(Oc3ccnc4[nH]c(=O)[nH]c34)cc2)c1. The number of carbonyl (C=O) groups excluding carboxylic acids is 1. The van der Waals surface area contributed by atoms with Crippen molar-refractivity contribution in [3.63, 3.8) is 0 Å². The van der Waals surface area contributed by atoms with Gasteiger partial charge in [0.2, 0.25) is 0 Å². The first-order chi connectivity index (χ1) is 13.1. The standard InChI is InChI=1S/C19H13BN4O3/c20-12-3-1-2-11(10-12)18(25)22-13-4-6-14(7-5-13)27-15-8-9-21-17-16(15)23-19(26)24-17/h1-10H,(H,22,25)(H2,21,23,24,26). The second-order valence-corrected chi connectivity index (χ2v) is 5.82. The lowest BCUT2D eigenvalue weighted by Gasteiger charge is -2.09. The highest BCUT2D eigenvalue weighted by Gasteiger charge is 2.09. The number of rotatable bonds is 4. The van der Waals surface area contributed by atoms with E-state index >= 15 is 0 Å². The second kappa shape index (κ2) is 6.83. The number of pyridine rings is 1. The number of benzene rings is 2. The third-order valence-corrected chi connectivity index (χ3v) is 3.87. The van der Waals surface area contributed by atoms with Crippen LogP contribution in [0.25, 0.3) is 11.2 Å². The highest BCUT2D eigenvalue weighted by molar-refractivity contribution is 6.32. The van der Waals surface area contributed by atoms with Gasteiger partial charge in [-0.1, -0.05) is 23.7 Å². The van der Waals surface area contributed by atoms with Crippen LogP contribution in [0.5, 0.6) is 11.5 Å². The maximum absolute atomic E-state index is 12.2. The number of ether oxygens (including phenoxy) is 1. The Labute approximate surface area is 154 Å². The molecule has 0 aliphatic carbocycles. The van der Waals surface area contributed by atoms with Crippen LogP contribution >= 0.6 is 0 Å². The van der Waals surface area contributed by atoms with Crippen LogP contribution in [0.1, 0.15) is 10.4 Å². The Morgan fingerprint density at radius 1 is 1.07 bits per heavy atom. The highest BCUT2D eigenvalue weighted by Crippen LogP contribution is 2.27. The van der Waals surface area contributed by atoms with Gasteiger partial charge in [0.1, 0.15) is 19.1 Å². The van der Waals surface area contributed by atoms with E-state index in [1.54, 1.807) is 60.8 Å². The molecule has 2 aromatic carbocycles. The summed E-state index contributed by atoms with van der Waals surface area (Å²) in [6.45, 7) is 0. The molecular formula is C19H13BN4O3. The number of aromatic nitrogens is 3. The smallest absolute Gasteiger partial charge is 0.325 e. The lowest BCUT2D eigenvalue weighted by atomic mass is 9.94. The van der Waals surface area contributed by atoms with E-state index in [-0.39, 0.29) is 11.6 Å². The van der Waals surface area contributed by atoms with Crippen molar-refractivity contribution in [2.75, 3.05) is 5.32 Å². The van der Waals surface area contributed by atoms with E-state index in [4.69, 9.17) is 12.6 Å². The van der Waals surface area contributed by atoms with Crippen LogP contribution in [-0.4, -0.2) is 28.7 Å². The van der Waals surface area contributed by atoms with E-state index < -0.39 is 0 Å². The Hall–Kier alpha value is -3.81. The van der Waals surface area contributed by atoms with E-state index in [0.717, 1.165) is 0 Å². The molecule has 0 bridgehead atoms. The van der Waals surface area contributed by atoms with Gasteiger partial charge in [0, 0.05) is 23.5 Å². The lowest BCUT2D eigenvalue weighted by molar-refractivity contribution is 0.102. The molecule has 4 aromatic rings. The van der Waals surface area contributed by atoms with Crippen LogP contribution in [0, 0.1) is 0 Å². The van der Waals surface area contributed by atoms with Crippen molar-refractivity contribution < 1.29 is 9.53 Å². The van der Waals surface area contributed by atoms with Crippen molar-refractivity contribution in [1.29, 1.82) is 0 Å². The molecule has 0 saturated heterocycles. The molecule has 27 heavy (non-hydrogen) atoms. The Morgan fingerprint density at radius 3 is 2.67 bits per heavy atom. The Kier molecular flexibility index (Phi) is 4.22. The number of anilines is 1. The molecule has 0 atom stereocenters. The maximum atomic E-state index is 12.2. The van der Waals surface area contributed by atoms with Crippen LogP contribution in [0.2, 0.25) is 0 Å². The summed E-state index contributed by atoms with van der Waals surface area (Å²) in [5.74, 6) is 0.762. The topological polar surface area (TPSA) is 99.9 Å². The van der Waals surface area contributed by atoms with Crippen LogP contribution in [-0.2, 0) is 0 Å². The number of hydrogen-bond acceptors (Lipinski definition) is 4. The summed E-state index contributed by atoms with van der Waals surface area (Å²) < 4.78 is 5.81. The Balaban J connectivity index is 1.50. The zero-order valence-corrected chi connectivity index (χ0v) is 14.0. The van der Waals surface area contributed by atoms with Crippen molar-refractivity contribution in [1.82, 2.24) is 15.0 Å². The molecule has 0 fully saturated rings. The highest BCUT2D eigenvalue weighted by atomic mass is 16.5. The average Bonchev–Trinajstić information content (AvgIpc) is 3.04. The largest absolute Gasteiger partial charge is 0.455 e. The molecule has 8 heteroatoms. The molecule has 4 rings (SSSR count). The molecule has 2 radical (unpaired) electrons. The van der Waals surface area contributed by atoms with Crippen molar-refractivity contribution in [2.24, 2.45) is 0 Å². The molecule has 7 nitrogen and oxygen atoms in total. The molecule has 130 valence electrons. The van der Waals surface area contributed by atoms with Crippen LogP contribution < -0.4 is 21.2 Å². The van der Waals surface area contributed by atoms with Gasteiger partial charge in [-0.05, 0) is 30.3 Å². The molecule has 0 aliphatic rings. The summed E-state index contributed by atoms with van der Waals surface area (Å²) >= 11 is 0. The molecule has 2 aromatic heterocycles. The van der Waals surface area contributed by atoms with Gasteiger partial charge >= 0.3 is 5.69 Å². The van der Waals surface area contributed by atoms with Crippen molar-refractivity contribution in [3.8, 4) is 11.5 Å². The van der Waals surface area contributed by atoms with E-state index in [1.807, 2.05) is 0 Å². The number of H-pyrrole nitrogens is 2. The van der Waals surface area contributed by atoms with Crippen molar-refractivity contribution in [3.05, 3.63) is 76.8 Å². The number of imidazole rings is 1. The van der Waals surface area contributed by atoms with E-state index in [1.165, 1.54) is 0 Å². The number of aromatic amines is 2. The van der Waals surface area contributed by atoms with E-state index in [9.17, 15) is 9.59 Å². The third-order valence-electron chi connectivity index (χ3n) is 3.87. The van der Waals surface area contributed by atoms with Crippen LogP contribution in [0.3, 0.4) is 0 Å². The molecule has 0 aliphatic heterocycles. The van der Waals surface area contributed by atoms with Gasteiger partial charge in [-0.2, -0.15) is 0 Å². The average molecular weight is 356 g/mol. The zero-order valence-electron chi connectivity index (χ0n) is 14.0. The van der Waals surface area contributed by atoms with E-state index in [2.05, 4.69) is 20.3 Å². The van der Waals surface area contributed by atoms with Gasteiger partial charge in [-0.25, -0.2) is 9.78 Å². The van der Waals surface area contributed by atoms with Gasteiger partial charge in [0.25, 0.3) is 5.91 Å². The second-order valence-electron chi connectivity index (χ2n) is 5.82. The predicted molar refractivity (Wildman–Crippen MR) is 103 cm³/mol. The fraction of sp³-hybridized carbons (Fsp3) is 0. The normalized spacial score (nSPS) is 10.7. The number of nitrogens with zero attached hydrogens (tertiary/aromatic N) is 1. The van der Waals surface area contributed by atoms with Crippen molar-refractivity contribution in [2.45, 2.75) is 0 Å². The van der Waals surface area contributed by atoms with Crippen molar-refractivity contribution >= 4 is 36.1 Å². The lowest BCUT2D eigenvalue weighted by Crippen LogP contribution is -2.14. The van der Waals surface area contributed by atoms with Crippen LogP contribution in [0.15, 0.2) is 65.6 Å². The molecule has 2 heterocycles. The maximum Gasteiger partial charge on any atom is 0.325 e. The summed E-state index contributed by atoms with van der Waals surface area (Å²) in [7, 11) is 5.70. The summed E-state index contributed by atoms with van der Waals surface area (Å²) in [5.41, 5.74) is 2.17. The van der Waals surface area contributed by atoms with Gasteiger partial charge in [-0.15, -0.1) is 0 Å². The van der Waals surface area contributed by atoms with E-state index in [0.29, 0.717) is 39.4 Å². The molecule has 0 spiro atoms. The molecule has 0 saturated carbocycles. The number of fused-ring (bicyclic) bond motifs is 1. The predicted octanol–water partition coefficient (Wildman–Crippen LogP) is 2.09. The quantitative estimate of drug-likeness (QED) is 0.488. The number of carbonyl (C=O) groups is 1. The van der Waals surface area contributed by atoms with Gasteiger partial charge in [0.05, 0.1) is 0 Å². The Morgan fingerprint density at radius 2 is 1.89 bits per heavy atom. The molecular weight excluding hydrogens is 343 g/mol. The number of amides is 1. The first-order valence-electron chi connectivity index (χ1n) is 8.10. The fourth-order valence-electron chi connectivity index (χ4n) is 2.61. The monoisotopic (exact) mass is 356 g/mol. The minimum atomic E-state index is -0.354. The Bertz CT molecular complexity index is 1180. The fourth-order valence-corrected chi connectivity index (χ4v) is 2.61. The first-order valence-corrected chi connectivity index (χ1v) is 8.10. The summed E-state index contributed by atoms with van der Waals surface area (Å²) in [5, 5.41) is 2.80. The van der Waals surface area contributed by atoms with Gasteiger partial charge in [-0.3, -0.25) is 9.78 Å². The van der Waals surface area contributed by atoms with Crippen LogP contribution in [0.4, 0.5) is 5.69 Å². The minimum Gasteiger partial charge on any atom is -0.455 e. The minimum absolute atomic E-state index is 0.253. The summed E-state index contributed by atoms with van der Waals surface area (Å²) in [6, 6.07) is 15.3. The first kappa shape index (κ1) is 16.7. The van der Waals surface area contributed by atoms with Gasteiger partial charge < -0.3 is 15.0 Å². The zero-order chi connectivity index (χ0) is 18.8. The third kappa shape index (κ3) is 3.59. The summed E-state index contributed by atoms with van der Waals surface area (Å²) in [6.07, 6.45) is 1.54. The molecule has 1 amide bonds. The number of hydrogen-bond donors (Lipinski definition) is 3. The number of nitrogens with one attached hydrogen (secondary N) is 3. The van der Waals surface area contributed by atoms with Gasteiger partial charge in [0.15, 0.2) is 11.4 Å². The molecule has 0 unspecified atom stereocenters.